The molecule has 2 rings (SSSR count). The predicted octanol–water partition coefficient (Wildman–Crippen LogP) is 2.43. The first-order valence-corrected chi connectivity index (χ1v) is 7.14. The summed E-state index contributed by atoms with van der Waals surface area (Å²) in [6.07, 6.45) is 0. The molecule has 3 N–H and O–H groups in total. The van der Waals surface area contributed by atoms with E-state index in [-0.39, 0.29) is 5.41 Å². The molecule has 0 aliphatic carbocycles. The van der Waals surface area contributed by atoms with E-state index in [4.69, 9.17) is 0 Å². The van der Waals surface area contributed by atoms with Gasteiger partial charge in [0.2, 0.25) is 0 Å². The van der Waals surface area contributed by atoms with Crippen LogP contribution in [0.3, 0.4) is 0 Å². The molecule has 0 aromatic heterocycles. The zero-order valence-electron chi connectivity index (χ0n) is 9.66. The van der Waals surface area contributed by atoms with Gasteiger partial charge >= 0.3 is 7.59 Å². The number of nitrogens with one attached hydrogen (secondary N) is 3. The van der Waals surface area contributed by atoms with Crippen LogP contribution in [0.25, 0.3) is 0 Å². The van der Waals surface area contributed by atoms with Crippen molar-refractivity contribution in [1.29, 1.82) is 0 Å². The summed E-state index contributed by atoms with van der Waals surface area (Å²) in [6.45, 7) is 5.77. The van der Waals surface area contributed by atoms with Crippen LogP contribution >= 0.6 is 7.59 Å². The van der Waals surface area contributed by atoms with Gasteiger partial charge in [-0.3, -0.25) is 4.57 Å². The minimum absolute atomic E-state index is 0.145. The topological polar surface area (TPSA) is 53.2 Å². The summed E-state index contributed by atoms with van der Waals surface area (Å²) >= 11 is 0. The number of hydrogen-bond donors (Lipinski definition) is 3. The third-order valence-corrected chi connectivity index (χ3v) is 4.40. The molecular weight excluding hydrogens is 221 g/mol. The first-order chi connectivity index (χ1) is 7.49. The number of rotatable bonds is 2. The maximum absolute atomic E-state index is 12.4. The maximum atomic E-state index is 12.4. The summed E-state index contributed by atoms with van der Waals surface area (Å²) in [7, 11) is -2.67. The van der Waals surface area contributed by atoms with Gasteiger partial charge in [0, 0.05) is 18.8 Å². The minimum atomic E-state index is -2.67. The fraction of sp³-hybridized carbons (Fsp3) is 0.455. The van der Waals surface area contributed by atoms with Crippen molar-refractivity contribution in [2.45, 2.75) is 13.8 Å². The molecule has 1 aliphatic rings. The van der Waals surface area contributed by atoms with Crippen LogP contribution in [0.5, 0.6) is 0 Å². The number of hydrogen-bond acceptors (Lipinski definition) is 1. The molecule has 4 nitrogen and oxygen atoms in total. The van der Waals surface area contributed by atoms with Gasteiger partial charge in [0.1, 0.15) is 0 Å². The number of benzene rings is 1. The van der Waals surface area contributed by atoms with Gasteiger partial charge < -0.3 is 5.09 Å². The van der Waals surface area contributed by atoms with Gasteiger partial charge in [-0.25, -0.2) is 10.2 Å². The molecule has 0 amide bonds. The lowest BCUT2D eigenvalue weighted by Gasteiger charge is -2.36. The second-order valence-electron chi connectivity index (χ2n) is 4.92. The average Bonchev–Trinajstić information content (AvgIpc) is 2.25. The molecule has 1 aromatic carbocycles. The van der Waals surface area contributed by atoms with E-state index in [0.717, 1.165) is 18.8 Å². The van der Waals surface area contributed by atoms with Crippen LogP contribution < -0.4 is 15.3 Å². The van der Waals surface area contributed by atoms with Gasteiger partial charge in [-0.15, -0.1) is 0 Å². The van der Waals surface area contributed by atoms with Gasteiger partial charge in [0.05, 0.1) is 0 Å². The zero-order chi connectivity index (χ0) is 11.6. The summed E-state index contributed by atoms with van der Waals surface area (Å²) in [5.41, 5.74) is 1.01. The van der Waals surface area contributed by atoms with Gasteiger partial charge in [-0.1, -0.05) is 32.0 Å². The average molecular weight is 239 g/mol. The Morgan fingerprint density at radius 3 is 2.31 bits per heavy atom. The van der Waals surface area contributed by atoms with E-state index in [0.29, 0.717) is 0 Å². The fourth-order valence-electron chi connectivity index (χ4n) is 1.54. The van der Waals surface area contributed by atoms with Crippen LogP contribution in [0.2, 0.25) is 0 Å². The van der Waals surface area contributed by atoms with Crippen molar-refractivity contribution in [2.75, 3.05) is 18.2 Å². The van der Waals surface area contributed by atoms with E-state index in [1.165, 1.54) is 0 Å². The molecule has 5 heteroatoms. The second-order valence-corrected chi connectivity index (χ2v) is 7.00. The summed E-state index contributed by atoms with van der Waals surface area (Å²) in [5.74, 6) is 0. The van der Waals surface area contributed by atoms with E-state index < -0.39 is 7.59 Å². The van der Waals surface area contributed by atoms with Crippen LogP contribution in [0, 0.1) is 5.41 Å². The Kier molecular flexibility index (Phi) is 3.06. The Morgan fingerprint density at radius 1 is 1.19 bits per heavy atom. The lowest BCUT2D eigenvalue weighted by Crippen LogP contribution is -2.46. The van der Waals surface area contributed by atoms with Crippen molar-refractivity contribution in [3.05, 3.63) is 30.3 Å². The SMILES string of the molecule is CC1(C)CNP(=O)(Nc2ccccc2)NC1. The highest BCUT2D eigenvalue weighted by Crippen LogP contribution is 2.41. The molecular formula is C11H18N3OP. The molecule has 16 heavy (non-hydrogen) atoms. The quantitative estimate of drug-likeness (QED) is 0.694. The van der Waals surface area contributed by atoms with E-state index >= 15 is 0 Å². The summed E-state index contributed by atoms with van der Waals surface area (Å²) < 4.78 is 12.4. The Morgan fingerprint density at radius 2 is 1.75 bits per heavy atom. The van der Waals surface area contributed by atoms with Crippen molar-refractivity contribution >= 4 is 13.3 Å². The van der Waals surface area contributed by atoms with E-state index in [1.807, 2.05) is 30.3 Å². The molecule has 1 aromatic rings. The first kappa shape index (κ1) is 11.6. The van der Waals surface area contributed by atoms with E-state index in [2.05, 4.69) is 29.1 Å². The predicted molar refractivity (Wildman–Crippen MR) is 67.5 cm³/mol. The van der Waals surface area contributed by atoms with Crippen molar-refractivity contribution in [1.82, 2.24) is 10.2 Å². The summed E-state index contributed by atoms with van der Waals surface area (Å²) in [4.78, 5) is 0. The van der Waals surface area contributed by atoms with Crippen LogP contribution in [-0.4, -0.2) is 13.1 Å². The standard InChI is InChI=1S/C11H18N3OP/c1-11(2)8-12-16(15,13-9-11)14-10-6-4-3-5-7-10/h3-7H,8-9H2,1-2H3,(H3,12,13,14,15). The Labute approximate surface area is 96.4 Å². The molecule has 1 saturated heterocycles. The largest absolute Gasteiger partial charge is 0.313 e. The van der Waals surface area contributed by atoms with Crippen LogP contribution in [-0.2, 0) is 4.57 Å². The van der Waals surface area contributed by atoms with Crippen LogP contribution in [0.4, 0.5) is 5.69 Å². The molecule has 0 bridgehead atoms. The molecule has 0 spiro atoms. The Balaban J connectivity index is 2.03. The first-order valence-electron chi connectivity index (χ1n) is 5.43. The van der Waals surface area contributed by atoms with Crippen molar-refractivity contribution in [2.24, 2.45) is 5.41 Å². The highest BCUT2D eigenvalue weighted by Gasteiger charge is 2.32. The van der Waals surface area contributed by atoms with Crippen LogP contribution in [0.15, 0.2) is 30.3 Å². The van der Waals surface area contributed by atoms with Crippen molar-refractivity contribution in [3.63, 3.8) is 0 Å². The second kappa shape index (κ2) is 4.21. The van der Waals surface area contributed by atoms with Gasteiger partial charge in [-0.05, 0) is 17.5 Å². The van der Waals surface area contributed by atoms with Crippen molar-refractivity contribution in [3.8, 4) is 0 Å². The maximum Gasteiger partial charge on any atom is 0.303 e. The normalized spacial score (nSPS) is 22.6. The molecule has 88 valence electrons. The van der Waals surface area contributed by atoms with Gasteiger partial charge in [-0.2, -0.15) is 0 Å². The summed E-state index contributed by atoms with van der Waals surface area (Å²) in [5, 5.41) is 9.16. The molecule has 0 unspecified atom stereocenters. The Bertz CT molecular complexity index is 391. The molecule has 1 fully saturated rings. The lowest BCUT2D eigenvalue weighted by atomic mass is 9.94. The highest BCUT2D eigenvalue weighted by molar-refractivity contribution is 7.61. The van der Waals surface area contributed by atoms with E-state index in [1.54, 1.807) is 0 Å². The molecule has 1 heterocycles. The smallest absolute Gasteiger partial charge is 0.303 e. The number of para-hydroxylation sites is 1. The summed E-state index contributed by atoms with van der Waals surface area (Å²) in [6, 6.07) is 9.59. The van der Waals surface area contributed by atoms with Crippen LogP contribution in [0.1, 0.15) is 13.8 Å². The fourth-order valence-corrected chi connectivity index (χ4v) is 3.63. The Hall–Kier alpha value is -0.830. The van der Waals surface area contributed by atoms with Gasteiger partial charge in [0.25, 0.3) is 0 Å². The third kappa shape index (κ3) is 2.85. The molecule has 1 aliphatic heterocycles. The monoisotopic (exact) mass is 239 g/mol. The molecule has 0 saturated carbocycles. The number of anilines is 1. The molecule has 0 radical (unpaired) electrons. The molecule has 0 atom stereocenters. The van der Waals surface area contributed by atoms with Gasteiger partial charge in [0.15, 0.2) is 0 Å². The zero-order valence-corrected chi connectivity index (χ0v) is 10.6. The van der Waals surface area contributed by atoms with Crippen molar-refractivity contribution < 1.29 is 4.57 Å². The third-order valence-electron chi connectivity index (χ3n) is 2.62. The lowest BCUT2D eigenvalue weighted by molar-refractivity contribution is 0.339. The highest BCUT2D eigenvalue weighted by atomic mass is 31.2. The van der Waals surface area contributed by atoms with E-state index in [9.17, 15) is 4.57 Å². The minimum Gasteiger partial charge on any atom is -0.313 e.